The van der Waals surface area contributed by atoms with Gasteiger partial charge in [-0.3, -0.25) is 14.4 Å². The quantitative estimate of drug-likeness (QED) is 0.672. The van der Waals surface area contributed by atoms with Crippen LogP contribution in [0.5, 0.6) is 0 Å². The van der Waals surface area contributed by atoms with Crippen molar-refractivity contribution in [2.45, 2.75) is 39.7 Å². The van der Waals surface area contributed by atoms with Crippen molar-refractivity contribution < 1.29 is 19.1 Å². The molecule has 1 heterocycles. The lowest BCUT2D eigenvalue weighted by molar-refractivity contribution is -0.144. The molecule has 1 aliphatic rings. The molecule has 0 saturated carbocycles. The average Bonchev–Trinajstić information content (AvgIpc) is 2.77. The maximum atomic E-state index is 12.2. The van der Waals surface area contributed by atoms with Gasteiger partial charge in [0.2, 0.25) is 11.8 Å². The summed E-state index contributed by atoms with van der Waals surface area (Å²) in [4.78, 5) is 38.5. The molecule has 0 aromatic carbocycles. The fourth-order valence-corrected chi connectivity index (χ4v) is 2.31. The third-order valence-electron chi connectivity index (χ3n) is 3.46. The first-order valence-corrected chi connectivity index (χ1v) is 7.06. The molecule has 0 aromatic heterocycles. The number of hydrogen-bond acceptors (Lipinski definition) is 4. The number of nitrogens with zero attached hydrogens (tertiary/aromatic N) is 2. The highest BCUT2D eigenvalue weighted by Gasteiger charge is 2.36. The van der Waals surface area contributed by atoms with Gasteiger partial charge in [0.1, 0.15) is 0 Å². The van der Waals surface area contributed by atoms with Crippen LogP contribution >= 0.6 is 0 Å². The van der Waals surface area contributed by atoms with Gasteiger partial charge in [-0.15, -0.1) is 0 Å². The lowest BCUT2D eigenvalue weighted by atomic mass is 10.1. The minimum atomic E-state index is -0.307. The highest BCUT2D eigenvalue weighted by molar-refractivity contribution is 5.89. The zero-order chi connectivity index (χ0) is 15.3. The number of esters is 1. The minimum absolute atomic E-state index is 0.0251. The van der Waals surface area contributed by atoms with Crippen molar-refractivity contribution in [2.24, 2.45) is 5.92 Å². The summed E-state index contributed by atoms with van der Waals surface area (Å²) in [7, 11) is 1.66. The van der Waals surface area contributed by atoms with Gasteiger partial charge in [0.05, 0.1) is 18.9 Å². The molecule has 2 amide bonds. The van der Waals surface area contributed by atoms with Gasteiger partial charge in [-0.2, -0.15) is 0 Å². The van der Waals surface area contributed by atoms with Gasteiger partial charge in [-0.1, -0.05) is 0 Å². The number of ether oxygens (including phenoxy) is 1. The van der Waals surface area contributed by atoms with Crippen molar-refractivity contribution in [3.63, 3.8) is 0 Å². The van der Waals surface area contributed by atoms with E-state index < -0.39 is 0 Å². The zero-order valence-electron chi connectivity index (χ0n) is 12.7. The van der Waals surface area contributed by atoms with E-state index in [0.29, 0.717) is 19.7 Å². The van der Waals surface area contributed by atoms with Crippen LogP contribution in [0.4, 0.5) is 0 Å². The molecule has 0 radical (unpaired) electrons. The molecular weight excluding hydrogens is 260 g/mol. The van der Waals surface area contributed by atoms with E-state index in [0.717, 1.165) is 0 Å². The second-order valence-corrected chi connectivity index (χ2v) is 5.36. The van der Waals surface area contributed by atoms with Crippen LogP contribution in [0.3, 0.4) is 0 Å². The first kappa shape index (κ1) is 16.5. The predicted octanol–water partition coefficient (Wildman–Crippen LogP) is 0.655. The molecule has 114 valence electrons. The maximum Gasteiger partial charge on any atom is 0.307 e. The molecule has 0 aliphatic carbocycles. The second kappa shape index (κ2) is 7.26. The molecule has 0 bridgehead atoms. The highest BCUT2D eigenvalue weighted by atomic mass is 16.5. The standard InChI is InChI=1S/C14H24N2O4/c1-5-20-13(18)6-7-15(4)14(19)11-8-12(17)16(9-11)10(2)3/h10-11H,5-9H2,1-4H3. The van der Waals surface area contributed by atoms with Gasteiger partial charge < -0.3 is 14.5 Å². The summed E-state index contributed by atoms with van der Waals surface area (Å²) in [6, 6.07) is 0.116. The minimum Gasteiger partial charge on any atom is -0.466 e. The molecular formula is C14H24N2O4. The number of carbonyl (C=O) groups is 3. The second-order valence-electron chi connectivity index (χ2n) is 5.36. The largest absolute Gasteiger partial charge is 0.466 e. The Kier molecular flexibility index (Phi) is 5.98. The van der Waals surface area contributed by atoms with Crippen LogP contribution in [0.2, 0.25) is 0 Å². The van der Waals surface area contributed by atoms with E-state index in [1.54, 1.807) is 18.9 Å². The predicted molar refractivity (Wildman–Crippen MR) is 73.8 cm³/mol. The summed E-state index contributed by atoms with van der Waals surface area (Å²) in [5.74, 6) is -0.654. The number of amides is 2. The van der Waals surface area contributed by atoms with Gasteiger partial charge in [0.25, 0.3) is 0 Å². The van der Waals surface area contributed by atoms with Gasteiger partial charge in [-0.05, 0) is 20.8 Å². The Morgan fingerprint density at radius 2 is 2.10 bits per heavy atom. The lowest BCUT2D eigenvalue weighted by Gasteiger charge is -2.23. The third kappa shape index (κ3) is 4.21. The van der Waals surface area contributed by atoms with E-state index in [9.17, 15) is 14.4 Å². The molecule has 1 fully saturated rings. The van der Waals surface area contributed by atoms with E-state index in [1.165, 1.54) is 4.90 Å². The van der Waals surface area contributed by atoms with Crippen LogP contribution in [0, 0.1) is 5.92 Å². The average molecular weight is 284 g/mol. The van der Waals surface area contributed by atoms with Crippen molar-refractivity contribution >= 4 is 17.8 Å². The zero-order valence-corrected chi connectivity index (χ0v) is 12.7. The van der Waals surface area contributed by atoms with Crippen LogP contribution in [-0.2, 0) is 19.1 Å². The Morgan fingerprint density at radius 1 is 1.45 bits per heavy atom. The molecule has 0 spiro atoms. The highest BCUT2D eigenvalue weighted by Crippen LogP contribution is 2.21. The normalized spacial score (nSPS) is 18.6. The SMILES string of the molecule is CCOC(=O)CCN(C)C(=O)C1CC(=O)N(C(C)C)C1. The molecule has 6 heteroatoms. The van der Waals surface area contributed by atoms with Gasteiger partial charge in [0.15, 0.2) is 0 Å². The Morgan fingerprint density at radius 3 is 2.60 bits per heavy atom. The summed E-state index contributed by atoms with van der Waals surface area (Å²) >= 11 is 0. The third-order valence-corrected chi connectivity index (χ3v) is 3.46. The molecule has 6 nitrogen and oxygen atoms in total. The van der Waals surface area contributed by atoms with Crippen LogP contribution in [-0.4, -0.2) is 60.4 Å². The van der Waals surface area contributed by atoms with E-state index >= 15 is 0 Å². The molecule has 1 unspecified atom stereocenters. The van der Waals surface area contributed by atoms with Crippen molar-refractivity contribution in [3.8, 4) is 0 Å². The molecule has 20 heavy (non-hydrogen) atoms. The molecule has 1 rings (SSSR count). The fraction of sp³-hybridized carbons (Fsp3) is 0.786. The summed E-state index contributed by atoms with van der Waals surface area (Å²) in [6.07, 6.45) is 0.450. The van der Waals surface area contributed by atoms with E-state index in [-0.39, 0.29) is 42.6 Å². The Balaban J connectivity index is 2.46. The van der Waals surface area contributed by atoms with Gasteiger partial charge in [-0.25, -0.2) is 0 Å². The number of carbonyl (C=O) groups excluding carboxylic acids is 3. The van der Waals surface area contributed by atoms with Crippen molar-refractivity contribution in [1.29, 1.82) is 0 Å². The summed E-state index contributed by atoms with van der Waals surface area (Å²) in [6.45, 7) is 6.77. The first-order valence-electron chi connectivity index (χ1n) is 7.06. The molecule has 1 atom stereocenters. The number of hydrogen-bond donors (Lipinski definition) is 0. The summed E-state index contributed by atoms with van der Waals surface area (Å²) < 4.78 is 4.82. The number of likely N-dealkylation sites (tertiary alicyclic amines) is 1. The summed E-state index contributed by atoms with van der Waals surface area (Å²) in [5, 5.41) is 0. The Labute approximate surface area is 120 Å². The smallest absolute Gasteiger partial charge is 0.307 e. The Bertz CT molecular complexity index is 381. The van der Waals surface area contributed by atoms with Crippen LogP contribution in [0.1, 0.15) is 33.6 Å². The van der Waals surface area contributed by atoms with E-state index in [1.807, 2.05) is 13.8 Å². The van der Waals surface area contributed by atoms with Gasteiger partial charge >= 0.3 is 5.97 Å². The lowest BCUT2D eigenvalue weighted by Crippen LogP contribution is -2.37. The van der Waals surface area contributed by atoms with E-state index in [2.05, 4.69) is 0 Å². The van der Waals surface area contributed by atoms with Crippen molar-refractivity contribution in [3.05, 3.63) is 0 Å². The van der Waals surface area contributed by atoms with Crippen LogP contribution in [0.15, 0.2) is 0 Å². The molecule has 1 saturated heterocycles. The monoisotopic (exact) mass is 284 g/mol. The van der Waals surface area contributed by atoms with Crippen LogP contribution in [0.25, 0.3) is 0 Å². The first-order chi connectivity index (χ1) is 9.36. The van der Waals surface area contributed by atoms with Crippen molar-refractivity contribution in [1.82, 2.24) is 9.80 Å². The van der Waals surface area contributed by atoms with Crippen molar-refractivity contribution in [2.75, 3.05) is 26.7 Å². The fourth-order valence-electron chi connectivity index (χ4n) is 2.31. The maximum absolute atomic E-state index is 12.2. The molecule has 0 aromatic rings. The van der Waals surface area contributed by atoms with E-state index in [4.69, 9.17) is 4.74 Å². The Hall–Kier alpha value is -1.59. The number of rotatable bonds is 6. The van der Waals surface area contributed by atoms with Crippen LogP contribution < -0.4 is 0 Å². The molecule has 0 N–H and O–H groups in total. The topological polar surface area (TPSA) is 66.9 Å². The summed E-state index contributed by atoms with van der Waals surface area (Å²) in [5.41, 5.74) is 0. The molecule has 1 aliphatic heterocycles. The van der Waals surface area contributed by atoms with Gasteiger partial charge in [0, 0.05) is 32.6 Å².